The molecule has 0 N–H and O–H groups in total. The lowest BCUT2D eigenvalue weighted by Gasteiger charge is -2.38. The van der Waals surface area contributed by atoms with Crippen molar-refractivity contribution in [3.8, 4) is 85.2 Å². The monoisotopic (exact) mass is 868 g/mol. The molecule has 0 aliphatic carbocycles. The van der Waals surface area contributed by atoms with Crippen LogP contribution < -0.4 is 4.74 Å². The van der Waals surface area contributed by atoms with Gasteiger partial charge < -0.3 is 4.74 Å². The lowest BCUT2D eigenvalue weighted by Crippen LogP contribution is -2.29. The molecule has 0 saturated heterocycles. The van der Waals surface area contributed by atoms with E-state index >= 15 is 0 Å². The highest BCUT2D eigenvalue weighted by molar-refractivity contribution is 5.81. The van der Waals surface area contributed by atoms with E-state index in [-0.39, 0.29) is 0 Å². The highest BCUT2D eigenvalue weighted by Gasteiger charge is 2.38. The van der Waals surface area contributed by atoms with E-state index in [9.17, 15) is 0 Å². The summed E-state index contributed by atoms with van der Waals surface area (Å²) in [5.41, 5.74) is 13.5. The van der Waals surface area contributed by atoms with Crippen LogP contribution in [-0.2, 0) is 5.41 Å². The highest BCUT2D eigenvalue weighted by Crippen LogP contribution is 2.51. The van der Waals surface area contributed by atoms with Gasteiger partial charge in [-0.2, -0.15) is 0 Å². The Balaban J connectivity index is 1.01. The maximum Gasteiger partial charge on any atom is 0.164 e. The van der Waals surface area contributed by atoms with E-state index in [1.807, 2.05) is 91.0 Å². The van der Waals surface area contributed by atoms with Gasteiger partial charge in [0.15, 0.2) is 34.9 Å². The van der Waals surface area contributed by atoms with Crippen LogP contribution in [0.25, 0.3) is 85.0 Å². The number of nitrogens with zero attached hydrogens (tertiary/aromatic N) is 6. The SMILES string of the molecule is C=C/C=C1\C(=C(/C)c2ccc(-c3nc(-c4ccccc4)nc(-c4ccccc4C)n3)cc2)Oc2c(-c3ccc(-c4nc(-c5ccccc5)nc(-c5ccccc5C)n4)cc3)cccc2C1(C)C. The molecule has 3 heterocycles. The van der Waals surface area contributed by atoms with Gasteiger partial charge in [0.1, 0.15) is 11.5 Å². The van der Waals surface area contributed by atoms with Crippen molar-refractivity contribution in [1.82, 2.24) is 29.9 Å². The normalized spacial score (nSPS) is 14.3. The van der Waals surface area contributed by atoms with Crippen LogP contribution in [0, 0.1) is 13.8 Å². The fourth-order valence-corrected chi connectivity index (χ4v) is 8.76. The first-order chi connectivity index (χ1) is 32.7. The lowest BCUT2D eigenvalue weighted by molar-refractivity contribution is 0.376. The van der Waals surface area contributed by atoms with Crippen molar-refractivity contribution in [2.75, 3.05) is 0 Å². The second-order valence-electron chi connectivity index (χ2n) is 17.3. The molecule has 1 aliphatic heterocycles. The van der Waals surface area contributed by atoms with Gasteiger partial charge in [0, 0.05) is 55.5 Å². The van der Waals surface area contributed by atoms with Gasteiger partial charge in [-0.1, -0.05) is 209 Å². The van der Waals surface area contributed by atoms with Crippen molar-refractivity contribution in [2.45, 2.75) is 40.0 Å². The summed E-state index contributed by atoms with van der Waals surface area (Å²) in [6, 6.07) is 59.7. The van der Waals surface area contributed by atoms with Gasteiger partial charge in [-0.25, -0.2) is 29.9 Å². The van der Waals surface area contributed by atoms with Gasteiger partial charge in [0.25, 0.3) is 0 Å². The number of fused-ring (bicyclic) bond motifs is 1. The molecular weight excluding hydrogens is 821 g/mol. The number of rotatable bonds is 9. The van der Waals surface area contributed by atoms with Crippen LogP contribution >= 0.6 is 0 Å². The Morgan fingerprint density at radius 3 is 1.33 bits per heavy atom. The summed E-state index contributed by atoms with van der Waals surface area (Å²) in [4.78, 5) is 29.9. The molecule has 0 radical (unpaired) electrons. The Labute approximate surface area is 392 Å². The van der Waals surface area contributed by atoms with E-state index < -0.39 is 5.41 Å². The van der Waals surface area contributed by atoms with Crippen molar-refractivity contribution in [1.29, 1.82) is 0 Å². The molecule has 7 heteroatoms. The fourth-order valence-electron chi connectivity index (χ4n) is 8.76. The summed E-state index contributed by atoms with van der Waals surface area (Å²) in [6.07, 6.45) is 3.92. The fraction of sp³-hybridized carbons (Fsp3) is 0.100. The van der Waals surface area contributed by atoms with Gasteiger partial charge >= 0.3 is 0 Å². The van der Waals surface area contributed by atoms with Crippen molar-refractivity contribution in [2.24, 2.45) is 0 Å². The van der Waals surface area contributed by atoms with Crippen molar-refractivity contribution < 1.29 is 4.74 Å². The molecule has 0 spiro atoms. The van der Waals surface area contributed by atoms with Crippen LogP contribution in [0.4, 0.5) is 0 Å². The van der Waals surface area contributed by atoms with Crippen molar-refractivity contribution in [3.05, 3.63) is 228 Å². The third-order valence-corrected chi connectivity index (χ3v) is 12.6. The largest absolute Gasteiger partial charge is 0.456 e. The van der Waals surface area contributed by atoms with Gasteiger partial charge in [-0.05, 0) is 48.6 Å². The third-order valence-electron chi connectivity index (χ3n) is 12.6. The molecule has 0 atom stereocenters. The van der Waals surface area contributed by atoms with Crippen LogP contribution in [0.1, 0.15) is 43.0 Å². The maximum atomic E-state index is 7.14. The van der Waals surface area contributed by atoms with Gasteiger partial charge in [-0.3, -0.25) is 0 Å². The molecule has 324 valence electrons. The number of aryl methyl sites for hydroxylation is 2. The average Bonchev–Trinajstić information content (AvgIpc) is 3.37. The number of benzene rings is 7. The van der Waals surface area contributed by atoms with E-state index in [4.69, 9.17) is 34.6 Å². The molecule has 0 unspecified atom stereocenters. The first-order valence-electron chi connectivity index (χ1n) is 22.5. The van der Waals surface area contributed by atoms with E-state index in [0.29, 0.717) is 34.9 Å². The maximum absolute atomic E-state index is 7.14. The number of allylic oxidation sites excluding steroid dienone is 4. The minimum Gasteiger partial charge on any atom is -0.456 e. The lowest BCUT2D eigenvalue weighted by atomic mass is 9.72. The topological polar surface area (TPSA) is 86.6 Å². The molecule has 1 aliphatic rings. The summed E-state index contributed by atoms with van der Waals surface area (Å²) >= 11 is 0. The van der Waals surface area contributed by atoms with E-state index in [1.165, 1.54) is 0 Å². The molecule has 67 heavy (non-hydrogen) atoms. The van der Waals surface area contributed by atoms with E-state index in [0.717, 1.165) is 89.4 Å². The zero-order valence-corrected chi connectivity index (χ0v) is 38.2. The van der Waals surface area contributed by atoms with E-state index in [2.05, 4.69) is 138 Å². The molecular formula is C60H48N6O. The molecule has 0 bridgehead atoms. The smallest absolute Gasteiger partial charge is 0.164 e. The Bertz CT molecular complexity index is 3370. The van der Waals surface area contributed by atoms with Crippen molar-refractivity contribution >= 4 is 5.57 Å². The van der Waals surface area contributed by atoms with Gasteiger partial charge in [0.2, 0.25) is 0 Å². The summed E-state index contributed by atoms with van der Waals surface area (Å²) in [7, 11) is 0. The predicted octanol–water partition coefficient (Wildman–Crippen LogP) is 14.6. The molecule has 7 nitrogen and oxygen atoms in total. The quantitative estimate of drug-likeness (QED) is 0.143. The second kappa shape index (κ2) is 17.9. The van der Waals surface area contributed by atoms with Gasteiger partial charge in [0.05, 0.1) is 0 Å². The zero-order valence-electron chi connectivity index (χ0n) is 38.2. The Morgan fingerprint density at radius 1 is 0.448 bits per heavy atom. The van der Waals surface area contributed by atoms with Crippen LogP contribution in [0.3, 0.4) is 0 Å². The average molecular weight is 869 g/mol. The number of ether oxygens (including phenoxy) is 1. The highest BCUT2D eigenvalue weighted by atomic mass is 16.5. The zero-order chi connectivity index (χ0) is 46.1. The summed E-state index contributed by atoms with van der Waals surface area (Å²) < 4.78 is 7.14. The second-order valence-corrected chi connectivity index (χ2v) is 17.3. The molecule has 10 rings (SSSR count). The molecule has 2 aromatic heterocycles. The minimum atomic E-state index is -0.413. The van der Waals surface area contributed by atoms with E-state index in [1.54, 1.807) is 0 Å². The van der Waals surface area contributed by atoms with Crippen molar-refractivity contribution in [3.63, 3.8) is 0 Å². The number of hydrogen-bond acceptors (Lipinski definition) is 7. The Morgan fingerprint density at radius 2 is 0.851 bits per heavy atom. The summed E-state index contributed by atoms with van der Waals surface area (Å²) in [5.74, 6) is 5.37. The standard InChI is InChI=1S/C60H48N6O/c1-7-19-50-52(40(4)41-30-34-45(35-31-41)56-61-54(43-22-10-8-11-23-43)63-58(65-56)47-26-16-14-20-38(47)2)67-53-49(28-18-29-51(53)60(50,5)6)42-32-36-46(37-33-42)57-62-55(44-24-12-9-13-25-44)64-59(66-57)48-27-17-15-21-39(48)3/h7-37H,1H2,2-6H3/b50-19+,52-40-. The number of hydrogen-bond donors (Lipinski definition) is 0. The third kappa shape index (κ3) is 8.28. The van der Waals surface area contributed by atoms with Crippen LogP contribution in [0.15, 0.2) is 206 Å². The first kappa shape index (κ1) is 42.5. The molecule has 0 amide bonds. The predicted molar refractivity (Wildman–Crippen MR) is 272 cm³/mol. The Kier molecular flexibility index (Phi) is 11.3. The molecule has 0 fully saturated rings. The van der Waals surface area contributed by atoms with Crippen LogP contribution in [0.2, 0.25) is 0 Å². The number of aromatic nitrogens is 6. The Hall–Kier alpha value is -8.42. The van der Waals surface area contributed by atoms with Gasteiger partial charge in [-0.15, -0.1) is 0 Å². The number of para-hydroxylation sites is 1. The molecule has 9 aromatic rings. The minimum absolute atomic E-state index is 0.413. The van der Waals surface area contributed by atoms with Crippen LogP contribution in [0.5, 0.6) is 5.75 Å². The van der Waals surface area contributed by atoms with Crippen LogP contribution in [-0.4, -0.2) is 29.9 Å². The summed E-state index contributed by atoms with van der Waals surface area (Å²) in [5, 5.41) is 0. The molecule has 7 aromatic carbocycles. The molecule has 0 saturated carbocycles. The first-order valence-corrected chi connectivity index (χ1v) is 22.5. The summed E-state index contributed by atoms with van der Waals surface area (Å²) in [6.45, 7) is 14.9.